The standard InChI is InChI=1S/C20H21BrN2O3/c21-17-4-1-15(2-5-17)12-20(24)23-9-7-22(8-10-23)13-16-3-6-18-19(11-16)26-14-25-18/h1-6,11H,7-10,12-14H2. The minimum atomic E-state index is 0.204. The Labute approximate surface area is 161 Å². The highest BCUT2D eigenvalue weighted by molar-refractivity contribution is 9.10. The van der Waals surface area contributed by atoms with Crippen molar-refractivity contribution < 1.29 is 14.3 Å². The number of piperazine rings is 1. The first-order valence-electron chi connectivity index (χ1n) is 8.80. The number of ether oxygens (including phenoxy) is 2. The molecule has 1 amide bonds. The Balaban J connectivity index is 1.28. The van der Waals surface area contributed by atoms with Gasteiger partial charge in [-0.15, -0.1) is 0 Å². The third kappa shape index (κ3) is 4.02. The second-order valence-electron chi connectivity index (χ2n) is 6.65. The molecule has 0 radical (unpaired) electrons. The second kappa shape index (κ2) is 7.68. The highest BCUT2D eigenvalue weighted by atomic mass is 79.9. The van der Waals surface area contributed by atoms with Crippen LogP contribution in [0.25, 0.3) is 0 Å². The Kier molecular flexibility index (Phi) is 5.13. The topological polar surface area (TPSA) is 42.0 Å². The molecular weight excluding hydrogens is 396 g/mol. The molecule has 2 aromatic rings. The Morgan fingerprint density at radius 1 is 0.923 bits per heavy atom. The monoisotopic (exact) mass is 416 g/mol. The summed E-state index contributed by atoms with van der Waals surface area (Å²) < 4.78 is 11.8. The maximum absolute atomic E-state index is 12.5. The summed E-state index contributed by atoms with van der Waals surface area (Å²) in [5, 5.41) is 0. The van der Waals surface area contributed by atoms with E-state index in [0.29, 0.717) is 13.2 Å². The van der Waals surface area contributed by atoms with Gasteiger partial charge in [-0.2, -0.15) is 0 Å². The SMILES string of the molecule is O=C(Cc1ccc(Br)cc1)N1CCN(Cc2ccc3c(c2)OCO3)CC1. The fourth-order valence-electron chi connectivity index (χ4n) is 3.34. The number of amides is 1. The van der Waals surface area contributed by atoms with Crippen LogP contribution in [-0.2, 0) is 17.8 Å². The molecule has 136 valence electrons. The van der Waals surface area contributed by atoms with E-state index in [4.69, 9.17) is 9.47 Å². The molecule has 0 unspecified atom stereocenters. The summed E-state index contributed by atoms with van der Waals surface area (Å²) >= 11 is 3.42. The fourth-order valence-corrected chi connectivity index (χ4v) is 3.61. The number of nitrogens with zero attached hydrogens (tertiary/aromatic N) is 2. The van der Waals surface area contributed by atoms with E-state index in [1.165, 1.54) is 5.56 Å². The molecule has 0 spiro atoms. The Morgan fingerprint density at radius 2 is 1.62 bits per heavy atom. The van der Waals surface area contributed by atoms with Crippen LogP contribution in [0.15, 0.2) is 46.9 Å². The van der Waals surface area contributed by atoms with Crippen LogP contribution >= 0.6 is 15.9 Å². The predicted molar refractivity (Wildman–Crippen MR) is 102 cm³/mol. The summed E-state index contributed by atoms with van der Waals surface area (Å²) in [4.78, 5) is 16.9. The van der Waals surface area contributed by atoms with Crippen LogP contribution in [0.1, 0.15) is 11.1 Å². The molecular formula is C20H21BrN2O3. The van der Waals surface area contributed by atoms with E-state index in [1.807, 2.05) is 41.3 Å². The van der Waals surface area contributed by atoms with Gasteiger partial charge in [0.15, 0.2) is 11.5 Å². The molecule has 1 saturated heterocycles. The molecule has 0 bridgehead atoms. The molecule has 0 aromatic heterocycles. The van der Waals surface area contributed by atoms with E-state index < -0.39 is 0 Å². The van der Waals surface area contributed by atoms with Crippen molar-refractivity contribution in [3.05, 3.63) is 58.1 Å². The number of benzene rings is 2. The summed E-state index contributed by atoms with van der Waals surface area (Å²) in [6.45, 7) is 4.50. The van der Waals surface area contributed by atoms with Gasteiger partial charge in [-0.05, 0) is 35.4 Å². The van der Waals surface area contributed by atoms with Gasteiger partial charge in [0.05, 0.1) is 6.42 Å². The van der Waals surface area contributed by atoms with Gasteiger partial charge in [-0.25, -0.2) is 0 Å². The van der Waals surface area contributed by atoms with Gasteiger partial charge in [0.2, 0.25) is 12.7 Å². The summed E-state index contributed by atoms with van der Waals surface area (Å²) in [7, 11) is 0. The van der Waals surface area contributed by atoms with Crippen LogP contribution in [0.5, 0.6) is 11.5 Å². The van der Waals surface area contributed by atoms with Crippen LogP contribution in [-0.4, -0.2) is 48.7 Å². The van der Waals surface area contributed by atoms with Crippen molar-refractivity contribution in [1.29, 1.82) is 0 Å². The van der Waals surface area contributed by atoms with Crippen molar-refractivity contribution >= 4 is 21.8 Å². The molecule has 2 heterocycles. The molecule has 4 rings (SSSR count). The number of hydrogen-bond donors (Lipinski definition) is 0. The Bertz CT molecular complexity index is 786. The van der Waals surface area contributed by atoms with Crippen LogP contribution in [0.3, 0.4) is 0 Å². The first-order valence-corrected chi connectivity index (χ1v) is 9.60. The minimum absolute atomic E-state index is 0.204. The molecule has 5 nitrogen and oxygen atoms in total. The van der Waals surface area contributed by atoms with Crippen molar-refractivity contribution in [2.75, 3.05) is 33.0 Å². The summed E-state index contributed by atoms with van der Waals surface area (Å²) in [5.74, 6) is 1.85. The van der Waals surface area contributed by atoms with Crippen molar-refractivity contribution in [1.82, 2.24) is 9.80 Å². The smallest absolute Gasteiger partial charge is 0.231 e. The van der Waals surface area contributed by atoms with E-state index in [2.05, 4.69) is 26.9 Å². The molecule has 6 heteroatoms. The fraction of sp³-hybridized carbons (Fsp3) is 0.350. The number of halogens is 1. The molecule has 2 aromatic carbocycles. The normalized spacial score (nSPS) is 16.7. The highest BCUT2D eigenvalue weighted by Crippen LogP contribution is 2.32. The van der Waals surface area contributed by atoms with Gasteiger partial charge >= 0.3 is 0 Å². The average molecular weight is 417 g/mol. The molecule has 0 N–H and O–H groups in total. The lowest BCUT2D eigenvalue weighted by Gasteiger charge is -2.34. The summed E-state index contributed by atoms with van der Waals surface area (Å²) in [6.07, 6.45) is 0.468. The lowest BCUT2D eigenvalue weighted by Crippen LogP contribution is -2.48. The van der Waals surface area contributed by atoms with Crippen LogP contribution in [0.4, 0.5) is 0 Å². The number of carbonyl (C=O) groups is 1. The van der Waals surface area contributed by atoms with Crippen molar-refractivity contribution in [2.45, 2.75) is 13.0 Å². The molecule has 0 saturated carbocycles. The van der Waals surface area contributed by atoms with Gasteiger partial charge in [-0.1, -0.05) is 34.1 Å². The number of carbonyl (C=O) groups excluding carboxylic acids is 1. The number of fused-ring (bicyclic) bond motifs is 1. The van der Waals surface area contributed by atoms with Crippen LogP contribution in [0.2, 0.25) is 0 Å². The third-order valence-corrected chi connectivity index (χ3v) is 5.37. The van der Waals surface area contributed by atoms with Gasteiger partial charge in [0.1, 0.15) is 0 Å². The largest absolute Gasteiger partial charge is 0.454 e. The third-order valence-electron chi connectivity index (χ3n) is 4.84. The quantitative estimate of drug-likeness (QED) is 0.767. The lowest BCUT2D eigenvalue weighted by atomic mass is 10.1. The zero-order chi connectivity index (χ0) is 17.9. The number of hydrogen-bond acceptors (Lipinski definition) is 4. The average Bonchev–Trinajstić information content (AvgIpc) is 3.12. The van der Waals surface area contributed by atoms with Crippen molar-refractivity contribution in [3.8, 4) is 11.5 Å². The predicted octanol–water partition coefficient (Wildman–Crippen LogP) is 3.06. The summed E-state index contributed by atoms with van der Waals surface area (Å²) in [6, 6.07) is 14.1. The van der Waals surface area contributed by atoms with E-state index in [9.17, 15) is 4.79 Å². The van der Waals surface area contributed by atoms with E-state index in [1.54, 1.807) is 0 Å². The minimum Gasteiger partial charge on any atom is -0.454 e. The van der Waals surface area contributed by atoms with E-state index in [0.717, 1.165) is 54.3 Å². The van der Waals surface area contributed by atoms with Gasteiger partial charge in [-0.3, -0.25) is 9.69 Å². The first kappa shape index (κ1) is 17.4. The van der Waals surface area contributed by atoms with Gasteiger partial charge in [0.25, 0.3) is 0 Å². The van der Waals surface area contributed by atoms with E-state index in [-0.39, 0.29) is 5.91 Å². The van der Waals surface area contributed by atoms with Crippen molar-refractivity contribution in [3.63, 3.8) is 0 Å². The molecule has 0 atom stereocenters. The molecule has 0 aliphatic carbocycles. The molecule has 2 aliphatic rings. The lowest BCUT2D eigenvalue weighted by molar-refractivity contribution is -0.132. The van der Waals surface area contributed by atoms with Gasteiger partial charge < -0.3 is 14.4 Å². The zero-order valence-electron chi connectivity index (χ0n) is 14.5. The maximum Gasteiger partial charge on any atom is 0.231 e. The summed E-state index contributed by atoms with van der Waals surface area (Å²) in [5.41, 5.74) is 2.27. The zero-order valence-corrected chi connectivity index (χ0v) is 16.1. The Morgan fingerprint density at radius 3 is 2.38 bits per heavy atom. The first-order chi connectivity index (χ1) is 12.7. The van der Waals surface area contributed by atoms with E-state index >= 15 is 0 Å². The van der Waals surface area contributed by atoms with Crippen LogP contribution < -0.4 is 9.47 Å². The maximum atomic E-state index is 12.5. The van der Waals surface area contributed by atoms with Crippen molar-refractivity contribution in [2.24, 2.45) is 0 Å². The van der Waals surface area contributed by atoms with Gasteiger partial charge in [0, 0.05) is 37.2 Å². The highest BCUT2D eigenvalue weighted by Gasteiger charge is 2.22. The molecule has 26 heavy (non-hydrogen) atoms. The number of rotatable bonds is 4. The molecule has 1 fully saturated rings. The molecule has 2 aliphatic heterocycles. The Hall–Kier alpha value is -2.05. The van der Waals surface area contributed by atoms with Crippen LogP contribution in [0, 0.1) is 0 Å². The second-order valence-corrected chi connectivity index (χ2v) is 7.56.